The Kier molecular flexibility index (Phi) is 5.04. The Balaban J connectivity index is 2.43. The summed E-state index contributed by atoms with van der Waals surface area (Å²) in [6.07, 6.45) is 0. The van der Waals surface area contributed by atoms with Crippen molar-refractivity contribution in [3.05, 3.63) is 63.1 Å². The van der Waals surface area contributed by atoms with E-state index >= 15 is 0 Å². The highest BCUT2D eigenvalue weighted by Crippen LogP contribution is 2.36. The topological polar surface area (TPSA) is 35.2 Å². The van der Waals surface area contributed by atoms with Crippen molar-refractivity contribution in [3.8, 4) is 5.75 Å². The Labute approximate surface area is 131 Å². The fourth-order valence-electron chi connectivity index (χ4n) is 1.97. The molecular formula is C15H13Cl2F2NO. The van der Waals surface area contributed by atoms with Crippen LogP contribution in [0.3, 0.4) is 0 Å². The van der Waals surface area contributed by atoms with E-state index in [1.165, 1.54) is 18.2 Å². The number of rotatable bonds is 4. The molecule has 0 radical (unpaired) electrons. The van der Waals surface area contributed by atoms with Crippen molar-refractivity contribution in [3.63, 3.8) is 0 Å². The van der Waals surface area contributed by atoms with Gasteiger partial charge in [0.15, 0.2) is 0 Å². The van der Waals surface area contributed by atoms with E-state index in [9.17, 15) is 8.78 Å². The lowest BCUT2D eigenvalue weighted by atomic mass is 9.99. The molecule has 2 aromatic rings. The van der Waals surface area contributed by atoms with Crippen molar-refractivity contribution in [2.45, 2.75) is 13.0 Å². The van der Waals surface area contributed by atoms with Gasteiger partial charge in [-0.15, -0.1) is 0 Å². The van der Waals surface area contributed by atoms with Gasteiger partial charge in [-0.1, -0.05) is 29.3 Å². The van der Waals surface area contributed by atoms with Crippen molar-refractivity contribution in [1.82, 2.24) is 0 Å². The standard InChI is InChI=1S/C15H13Cl2F2NO/c1-2-21-14-7-11(16)10(6-12(14)17)15(20)9-4-3-8(18)5-13(9)19/h3-7,15H,2,20H2,1H3. The minimum atomic E-state index is -0.855. The highest BCUT2D eigenvalue weighted by atomic mass is 35.5. The van der Waals surface area contributed by atoms with Crippen LogP contribution in [0.2, 0.25) is 10.0 Å². The summed E-state index contributed by atoms with van der Waals surface area (Å²) in [7, 11) is 0. The van der Waals surface area contributed by atoms with Crippen LogP contribution >= 0.6 is 23.2 Å². The van der Waals surface area contributed by atoms with E-state index in [-0.39, 0.29) is 5.56 Å². The number of hydrogen-bond donors (Lipinski definition) is 1. The molecule has 112 valence electrons. The average Bonchev–Trinajstić information content (AvgIpc) is 2.42. The second kappa shape index (κ2) is 6.60. The van der Waals surface area contributed by atoms with Crippen LogP contribution < -0.4 is 10.5 Å². The van der Waals surface area contributed by atoms with E-state index in [1.54, 1.807) is 0 Å². The van der Waals surface area contributed by atoms with E-state index in [0.717, 1.165) is 12.1 Å². The molecule has 0 aliphatic heterocycles. The third-order valence-corrected chi connectivity index (χ3v) is 3.61. The predicted octanol–water partition coefficient (Wildman–Crippen LogP) is 4.72. The number of benzene rings is 2. The summed E-state index contributed by atoms with van der Waals surface area (Å²) >= 11 is 12.2. The summed E-state index contributed by atoms with van der Waals surface area (Å²) in [6, 6.07) is 5.41. The summed E-state index contributed by atoms with van der Waals surface area (Å²) in [5.41, 5.74) is 6.59. The molecule has 0 amide bonds. The molecule has 1 unspecified atom stereocenters. The van der Waals surface area contributed by atoms with Gasteiger partial charge in [0.25, 0.3) is 0 Å². The maximum Gasteiger partial charge on any atom is 0.139 e. The largest absolute Gasteiger partial charge is 0.492 e. The monoisotopic (exact) mass is 331 g/mol. The van der Waals surface area contributed by atoms with Crippen LogP contribution in [0, 0.1) is 11.6 Å². The number of halogens is 4. The zero-order chi connectivity index (χ0) is 15.6. The maximum absolute atomic E-state index is 13.8. The molecule has 2 nitrogen and oxygen atoms in total. The first kappa shape index (κ1) is 16.0. The molecule has 1 atom stereocenters. The van der Waals surface area contributed by atoms with Gasteiger partial charge in [-0.25, -0.2) is 8.78 Å². The van der Waals surface area contributed by atoms with Crippen LogP contribution in [0.1, 0.15) is 24.1 Å². The highest BCUT2D eigenvalue weighted by molar-refractivity contribution is 6.34. The van der Waals surface area contributed by atoms with E-state index < -0.39 is 17.7 Å². The molecular weight excluding hydrogens is 319 g/mol. The molecule has 6 heteroatoms. The zero-order valence-electron chi connectivity index (χ0n) is 11.2. The first-order valence-corrected chi connectivity index (χ1v) is 7.02. The van der Waals surface area contributed by atoms with Gasteiger partial charge in [-0.2, -0.15) is 0 Å². The quantitative estimate of drug-likeness (QED) is 0.879. The summed E-state index contributed by atoms with van der Waals surface area (Å²) in [5, 5.41) is 0.633. The first-order valence-electron chi connectivity index (χ1n) is 6.26. The normalized spacial score (nSPS) is 12.3. The fraction of sp³-hybridized carbons (Fsp3) is 0.200. The molecule has 0 saturated heterocycles. The maximum atomic E-state index is 13.8. The average molecular weight is 332 g/mol. The molecule has 0 heterocycles. The lowest BCUT2D eigenvalue weighted by Crippen LogP contribution is -2.14. The van der Waals surface area contributed by atoms with Crippen LogP contribution in [0.4, 0.5) is 8.78 Å². The summed E-state index contributed by atoms with van der Waals surface area (Å²) in [4.78, 5) is 0. The van der Waals surface area contributed by atoms with E-state index in [0.29, 0.717) is 28.0 Å². The smallest absolute Gasteiger partial charge is 0.139 e. The number of ether oxygens (including phenoxy) is 1. The van der Waals surface area contributed by atoms with Gasteiger partial charge in [0.05, 0.1) is 17.7 Å². The molecule has 0 aromatic heterocycles. The Morgan fingerprint density at radius 1 is 1.10 bits per heavy atom. The summed E-state index contributed by atoms with van der Waals surface area (Å²) in [6.45, 7) is 2.26. The fourth-order valence-corrected chi connectivity index (χ4v) is 2.47. The third-order valence-electron chi connectivity index (χ3n) is 2.98. The SMILES string of the molecule is CCOc1cc(Cl)c(C(N)c2ccc(F)cc2F)cc1Cl. The van der Waals surface area contributed by atoms with Crippen LogP contribution in [-0.4, -0.2) is 6.61 Å². The minimum Gasteiger partial charge on any atom is -0.492 e. The predicted molar refractivity (Wildman–Crippen MR) is 80.0 cm³/mol. The Morgan fingerprint density at radius 3 is 2.43 bits per heavy atom. The molecule has 2 aromatic carbocycles. The number of nitrogens with two attached hydrogens (primary N) is 1. The van der Waals surface area contributed by atoms with Crippen molar-refractivity contribution < 1.29 is 13.5 Å². The van der Waals surface area contributed by atoms with Crippen LogP contribution in [0.5, 0.6) is 5.75 Å². The van der Waals surface area contributed by atoms with Crippen LogP contribution in [0.15, 0.2) is 30.3 Å². The highest BCUT2D eigenvalue weighted by Gasteiger charge is 2.19. The van der Waals surface area contributed by atoms with Crippen LogP contribution in [0.25, 0.3) is 0 Å². The van der Waals surface area contributed by atoms with Crippen molar-refractivity contribution in [2.75, 3.05) is 6.61 Å². The van der Waals surface area contributed by atoms with Gasteiger partial charge >= 0.3 is 0 Å². The van der Waals surface area contributed by atoms with E-state index in [1.807, 2.05) is 6.92 Å². The third kappa shape index (κ3) is 3.46. The second-order valence-corrected chi connectivity index (χ2v) is 5.20. The Bertz CT molecular complexity index is 664. The lowest BCUT2D eigenvalue weighted by molar-refractivity contribution is 0.340. The van der Waals surface area contributed by atoms with Gasteiger partial charge in [0.2, 0.25) is 0 Å². The van der Waals surface area contributed by atoms with Gasteiger partial charge in [-0.3, -0.25) is 0 Å². The van der Waals surface area contributed by atoms with Gasteiger partial charge < -0.3 is 10.5 Å². The second-order valence-electron chi connectivity index (χ2n) is 4.38. The van der Waals surface area contributed by atoms with E-state index in [2.05, 4.69) is 0 Å². The van der Waals surface area contributed by atoms with Crippen molar-refractivity contribution in [2.24, 2.45) is 5.73 Å². The number of hydrogen-bond acceptors (Lipinski definition) is 2. The van der Waals surface area contributed by atoms with Gasteiger partial charge in [0, 0.05) is 22.7 Å². The van der Waals surface area contributed by atoms with Crippen molar-refractivity contribution >= 4 is 23.2 Å². The summed E-state index contributed by atoms with van der Waals surface area (Å²) < 4.78 is 32.1. The summed E-state index contributed by atoms with van der Waals surface area (Å²) in [5.74, 6) is -0.970. The Morgan fingerprint density at radius 2 is 1.81 bits per heavy atom. The van der Waals surface area contributed by atoms with Gasteiger partial charge in [-0.05, 0) is 24.6 Å². The van der Waals surface area contributed by atoms with Gasteiger partial charge in [0.1, 0.15) is 17.4 Å². The molecule has 2 rings (SSSR count). The molecule has 21 heavy (non-hydrogen) atoms. The van der Waals surface area contributed by atoms with E-state index in [4.69, 9.17) is 33.7 Å². The molecule has 0 spiro atoms. The molecule has 0 saturated carbocycles. The van der Waals surface area contributed by atoms with Crippen molar-refractivity contribution in [1.29, 1.82) is 0 Å². The zero-order valence-corrected chi connectivity index (χ0v) is 12.7. The molecule has 0 fully saturated rings. The molecule has 2 N–H and O–H groups in total. The molecule has 0 aliphatic carbocycles. The molecule has 0 bridgehead atoms. The minimum absolute atomic E-state index is 0.138. The van der Waals surface area contributed by atoms with Crippen LogP contribution in [-0.2, 0) is 0 Å². The molecule has 0 aliphatic rings. The lowest BCUT2D eigenvalue weighted by Gasteiger charge is -2.17. The Hall–Kier alpha value is -1.36. The first-order chi connectivity index (χ1) is 9.93.